The van der Waals surface area contributed by atoms with Gasteiger partial charge in [0.25, 0.3) is 0 Å². The predicted octanol–water partition coefficient (Wildman–Crippen LogP) is 3.26. The first kappa shape index (κ1) is 14.0. The van der Waals surface area contributed by atoms with E-state index >= 15 is 0 Å². The third kappa shape index (κ3) is 4.84. The number of hydrogen-bond acceptors (Lipinski definition) is 2. The van der Waals surface area contributed by atoms with E-state index in [1.807, 2.05) is 0 Å². The van der Waals surface area contributed by atoms with Crippen molar-refractivity contribution in [2.45, 2.75) is 83.3 Å². The molecule has 1 rings (SSSR count). The van der Waals surface area contributed by atoms with Gasteiger partial charge < -0.3 is 10.2 Å². The second kappa shape index (κ2) is 8.08. The lowest BCUT2D eigenvalue weighted by atomic mass is 9.95. The molecule has 2 unspecified atom stereocenters. The summed E-state index contributed by atoms with van der Waals surface area (Å²) in [5, 5.41) is 19.3. The zero-order valence-electron chi connectivity index (χ0n) is 10.7. The summed E-state index contributed by atoms with van der Waals surface area (Å²) in [5.74, 6) is 0.163. The maximum absolute atomic E-state index is 9.67. The highest BCUT2D eigenvalue weighted by Crippen LogP contribution is 2.30. The van der Waals surface area contributed by atoms with Crippen LogP contribution < -0.4 is 0 Å². The Morgan fingerprint density at radius 3 is 1.88 bits per heavy atom. The summed E-state index contributed by atoms with van der Waals surface area (Å²) in [6, 6.07) is 0. The SMILES string of the molecule is CCCCCCCCCC1C(O)CCC1O. The number of hydrogen-bond donors (Lipinski definition) is 2. The minimum Gasteiger partial charge on any atom is -0.393 e. The molecule has 0 aromatic heterocycles. The van der Waals surface area contributed by atoms with Crippen molar-refractivity contribution >= 4 is 0 Å². The molecule has 0 bridgehead atoms. The van der Waals surface area contributed by atoms with Crippen LogP contribution in [0.3, 0.4) is 0 Å². The van der Waals surface area contributed by atoms with Crippen molar-refractivity contribution in [2.75, 3.05) is 0 Å². The highest BCUT2D eigenvalue weighted by atomic mass is 16.3. The molecule has 0 heterocycles. The summed E-state index contributed by atoms with van der Waals surface area (Å²) >= 11 is 0. The monoisotopic (exact) mass is 228 g/mol. The molecule has 0 saturated heterocycles. The van der Waals surface area contributed by atoms with Gasteiger partial charge in [-0.2, -0.15) is 0 Å². The molecule has 2 N–H and O–H groups in total. The third-order valence-corrected chi connectivity index (χ3v) is 3.89. The molecule has 0 aromatic rings. The van der Waals surface area contributed by atoms with Gasteiger partial charge in [0.2, 0.25) is 0 Å². The average molecular weight is 228 g/mol. The summed E-state index contributed by atoms with van der Waals surface area (Å²) in [7, 11) is 0. The molecule has 2 heteroatoms. The summed E-state index contributed by atoms with van der Waals surface area (Å²) in [6.07, 6.45) is 11.3. The highest BCUT2D eigenvalue weighted by Gasteiger charge is 2.32. The fourth-order valence-electron chi connectivity index (χ4n) is 2.75. The standard InChI is InChI=1S/C14H28O2/c1-2-3-4-5-6-7-8-9-12-13(15)10-11-14(12)16/h12-16H,2-11H2,1H3. The Hall–Kier alpha value is -0.0800. The first-order chi connectivity index (χ1) is 7.75. The molecule has 2 atom stereocenters. The molecule has 96 valence electrons. The molecule has 0 aromatic carbocycles. The van der Waals surface area contributed by atoms with Gasteiger partial charge in [0.05, 0.1) is 12.2 Å². The van der Waals surface area contributed by atoms with Crippen molar-refractivity contribution in [1.82, 2.24) is 0 Å². The molecule has 1 aliphatic carbocycles. The number of aliphatic hydroxyl groups is 2. The molecule has 1 fully saturated rings. The molecule has 0 amide bonds. The van der Waals surface area contributed by atoms with Crippen LogP contribution in [-0.4, -0.2) is 22.4 Å². The summed E-state index contributed by atoms with van der Waals surface area (Å²) in [6.45, 7) is 2.24. The van der Waals surface area contributed by atoms with Crippen LogP contribution in [0.1, 0.15) is 71.1 Å². The molecule has 2 nitrogen and oxygen atoms in total. The largest absolute Gasteiger partial charge is 0.393 e. The molecule has 0 spiro atoms. The Morgan fingerprint density at radius 1 is 0.812 bits per heavy atom. The van der Waals surface area contributed by atoms with Crippen molar-refractivity contribution < 1.29 is 10.2 Å². The molecule has 1 aliphatic rings. The van der Waals surface area contributed by atoms with Gasteiger partial charge in [-0.15, -0.1) is 0 Å². The summed E-state index contributed by atoms with van der Waals surface area (Å²) < 4.78 is 0. The van der Waals surface area contributed by atoms with E-state index in [2.05, 4.69) is 6.92 Å². The first-order valence-corrected chi connectivity index (χ1v) is 7.11. The number of unbranched alkanes of at least 4 members (excludes halogenated alkanes) is 6. The molecule has 1 saturated carbocycles. The van der Waals surface area contributed by atoms with Crippen LogP contribution in [0.5, 0.6) is 0 Å². The van der Waals surface area contributed by atoms with Gasteiger partial charge in [-0.3, -0.25) is 0 Å². The van der Waals surface area contributed by atoms with E-state index in [9.17, 15) is 10.2 Å². The Bertz CT molecular complexity index is 160. The molecular weight excluding hydrogens is 200 g/mol. The van der Waals surface area contributed by atoms with Gasteiger partial charge in [-0.25, -0.2) is 0 Å². The molecule has 16 heavy (non-hydrogen) atoms. The van der Waals surface area contributed by atoms with Gasteiger partial charge in [0.1, 0.15) is 0 Å². The van der Waals surface area contributed by atoms with Gasteiger partial charge in [0.15, 0.2) is 0 Å². The van der Waals surface area contributed by atoms with Crippen molar-refractivity contribution in [3.05, 3.63) is 0 Å². The van der Waals surface area contributed by atoms with E-state index in [1.165, 1.54) is 44.9 Å². The second-order valence-corrected chi connectivity index (χ2v) is 5.29. The quantitative estimate of drug-likeness (QED) is 0.626. The summed E-state index contributed by atoms with van der Waals surface area (Å²) in [5.41, 5.74) is 0. The van der Waals surface area contributed by atoms with Crippen LogP contribution in [-0.2, 0) is 0 Å². The van der Waals surface area contributed by atoms with E-state index in [1.54, 1.807) is 0 Å². The van der Waals surface area contributed by atoms with Crippen molar-refractivity contribution in [3.8, 4) is 0 Å². The maximum atomic E-state index is 9.67. The third-order valence-electron chi connectivity index (χ3n) is 3.89. The van der Waals surface area contributed by atoms with Crippen LogP contribution in [0, 0.1) is 5.92 Å². The summed E-state index contributed by atoms with van der Waals surface area (Å²) in [4.78, 5) is 0. The minimum atomic E-state index is -0.241. The number of aliphatic hydroxyl groups excluding tert-OH is 2. The smallest absolute Gasteiger partial charge is 0.0594 e. The second-order valence-electron chi connectivity index (χ2n) is 5.29. The van der Waals surface area contributed by atoms with Crippen LogP contribution in [0.25, 0.3) is 0 Å². The minimum absolute atomic E-state index is 0.163. The fraction of sp³-hybridized carbons (Fsp3) is 1.00. The zero-order valence-corrected chi connectivity index (χ0v) is 10.7. The van der Waals surface area contributed by atoms with Gasteiger partial charge >= 0.3 is 0 Å². The highest BCUT2D eigenvalue weighted by molar-refractivity contribution is 4.83. The van der Waals surface area contributed by atoms with Crippen molar-refractivity contribution in [1.29, 1.82) is 0 Å². The van der Waals surface area contributed by atoms with E-state index in [0.717, 1.165) is 19.3 Å². The Balaban J connectivity index is 1.94. The fourth-order valence-corrected chi connectivity index (χ4v) is 2.75. The maximum Gasteiger partial charge on any atom is 0.0594 e. The zero-order chi connectivity index (χ0) is 11.8. The van der Waals surface area contributed by atoms with Gasteiger partial charge in [0, 0.05) is 5.92 Å². The predicted molar refractivity (Wildman–Crippen MR) is 67.3 cm³/mol. The number of rotatable bonds is 8. The lowest BCUT2D eigenvalue weighted by Crippen LogP contribution is -2.22. The lowest BCUT2D eigenvalue weighted by Gasteiger charge is -2.17. The van der Waals surface area contributed by atoms with E-state index in [-0.39, 0.29) is 18.1 Å². The van der Waals surface area contributed by atoms with Gasteiger partial charge in [-0.05, 0) is 19.3 Å². The van der Waals surface area contributed by atoms with Crippen LogP contribution in [0.2, 0.25) is 0 Å². The van der Waals surface area contributed by atoms with Crippen LogP contribution >= 0.6 is 0 Å². The van der Waals surface area contributed by atoms with Crippen molar-refractivity contribution in [3.63, 3.8) is 0 Å². The average Bonchev–Trinajstić information content (AvgIpc) is 2.59. The van der Waals surface area contributed by atoms with E-state index in [0.29, 0.717) is 0 Å². The Morgan fingerprint density at radius 2 is 1.31 bits per heavy atom. The molecule has 0 radical (unpaired) electrons. The van der Waals surface area contributed by atoms with Crippen molar-refractivity contribution in [2.24, 2.45) is 5.92 Å². The van der Waals surface area contributed by atoms with Crippen LogP contribution in [0.4, 0.5) is 0 Å². The topological polar surface area (TPSA) is 40.5 Å². The molecular formula is C14H28O2. The van der Waals surface area contributed by atoms with E-state index < -0.39 is 0 Å². The molecule has 0 aliphatic heterocycles. The lowest BCUT2D eigenvalue weighted by molar-refractivity contribution is 0.0590. The Labute approximate surface area is 100 Å². The van der Waals surface area contributed by atoms with Gasteiger partial charge in [-0.1, -0.05) is 51.9 Å². The Kier molecular flexibility index (Phi) is 7.06. The van der Waals surface area contributed by atoms with E-state index in [4.69, 9.17) is 0 Å². The normalized spacial score (nSPS) is 29.8. The first-order valence-electron chi connectivity index (χ1n) is 7.11. The van der Waals surface area contributed by atoms with Crippen LogP contribution in [0.15, 0.2) is 0 Å².